The minimum absolute atomic E-state index is 0.643. The van der Waals surface area contributed by atoms with E-state index in [9.17, 15) is 0 Å². The number of nitrogens with two attached hydrogens (primary N) is 1. The molecule has 2 aromatic carbocycles. The molecule has 172 valence electrons. The van der Waals surface area contributed by atoms with E-state index in [0.29, 0.717) is 5.70 Å². The second-order valence-electron chi connectivity index (χ2n) is 7.93. The van der Waals surface area contributed by atoms with Crippen LogP contribution in [0.2, 0.25) is 0 Å². The molecule has 0 saturated carbocycles. The Kier molecular flexibility index (Phi) is 8.53. The van der Waals surface area contributed by atoms with Crippen molar-refractivity contribution in [1.29, 1.82) is 0 Å². The quantitative estimate of drug-likeness (QED) is 0.467. The van der Waals surface area contributed by atoms with Gasteiger partial charge in [-0.1, -0.05) is 31.9 Å². The Bertz CT molecular complexity index is 1030. The van der Waals surface area contributed by atoms with Crippen LogP contribution in [0.3, 0.4) is 0 Å². The second kappa shape index (κ2) is 11.8. The number of nitrogens with zero attached hydrogens (tertiary/aromatic N) is 2. The first-order valence-corrected chi connectivity index (χ1v) is 11.3. The van der Waals surface area contributed by atoms with Crippen molar-refractivity contribution in [3.05, 3.63) is 103 Å². The summed E-state index contributed by atoms with van der Waals surface area (Å²) in [7, 11) is 1.65. The topological polar surface area (TPSA) is 62.9 Å². The zero-order valence-electron chi connectivity index (χ0n) is 19.5. The lowest BCUT2D eigenvalue weighted by molar-refractivity contribution is 0.415. The van der Waals surface area contributed by atoms with Crippen LogP contribution in [-0.4, -0.2) is 25.9 Å². The molecular formula is C28H34N4O. The van der Waals surface area contributed by atoms with Gasteiger partial charge in [0.25, 0.3) is 0 Å². The van der Waals surface area contributed by atoms with Crippen molar-refractivity contribution >= 4 is 17.1 Å². The number of benzene rings is 2. The fourth-order valence-electron chi connectivity index (χ4n) is 3.89. The SMILES string of the molecule is C=CNCCCCc1ccc(N2CCC(=C(N)C=C)C(=Nc3ccc(OC)cc3)C2=C)cc1. The molecule has 5 nitrogen and oxygen atoms in total. The number of aryl methyl sites for hydroxylation is 1. The molecule has 1 aliphatic heterocycles. The summed E-state index contributed by atoms with van der Waals surface area (Å²) >= 11 is 0. The predicted molar refractivity (Wildman–Crippen MR) is 140 cm³/mol. The average molecular weight is 443 g/mol. The number of hydrogen-bond donors (Lipinski definition) is 2. The zero-order valence-corrected chi connectivity index (χ0v) is 19.5. The van der Waals surface area contributed by atoms with Crippen molar-refractivity contribution < 1.29 is 4.74 Å². The van der Waals surface area contributed by atoms with Crippen molar-refractivity contribution in [3.63, 3.8) is 0 Å². The number of aliphatic imine (C=N–C) groups is 1. The van der Waals surface area contributed by atoms with Gasteiger partial charge in [-0.25, -0.2) is 4.99 Å². The molecule has 0 bridgehead atoms. The highest BCUT2D eigenvalue weighted by atomic mass is 16.5. The highest BCUT2D eigenvalue weighted by Gasteiger charge is 2.26. The molecule has 0 aromatic heterocycles. The number of rotatable bonds is 10. The molecule has 1 heterocycles. The van der Waals surface area contributed by atoms with Crippen LogP contribution >= 0.6 is 0 Å². The van der Waals surface area contributed by atoms with E-state index >= 15 is 0 Å². The molecule has 2 aromatic rings. The van der Waals surface area contributed by atoms with Gasteiger partial charge in [-0.2, -0.15) is 0 Å². The Balaban J connectivity index is 1.80. The molecule has 0 aliphatic carbocycles. The van der Waals surface area contributed by atoms with E-state index in [2.05, 4.69) is 54.2 Å². The number of unbranched alkanes of at least 4 members (excludes halogenated alkanes) is 1. The Morgan fingerprint density at radius 2 is 1.85 bits per heavy atom. The lowest BCUT2D eigenvalue weighted by atomic mass is 9.95. The van der Waals surface area contributed by atoms with Crippen molar-refractivity contribution in [1.82, 2.24) is 5.32 Å². The molecule has 0 unspecified atom stereocenters. The largest absolute Gasteiger partial charge is 0.497 e. The van der Waals surface area contributed by atoms with Crippen LogP contribution in [0.15, 0.2) is 103 Å². The van der Waals surface area contributed by atoms with Crippen molar-refractivity contribution in [2.24, 2.45) is 10.7 Å². The first kappa shape index (κ1) is 23.9. The minimum Gasteiger partial charge on any atom is -0.497 e. The summed E-state index contributed by atoms with van der Waals surface area (Å²) in [6, 6.07) is 16.4. The van der Waals surface area contributed by atoms with E-state index in [1.807, 2.05) is 24.3 Å². The van der Waals surface area contributed by atoms with Crippen molar-refractivity contribution in [2.45, 2.75) is 25.7 Å². The van der Waals surface area contributed by atoms with E-state index in [0.717, 1.165) is 72.9 Å². The zero-order chi connectivity index (χ0) is 23.6. The van der Waals surface area contributed by atoms with Crippen molar-refractivity contribution in [3.8, 4) is 5.75 Å². The normalized spacial score (nSPS) is 16.5. The molecule has 0 spiro atoms. The van der Waals surface area contributed by atoms with E-state index in [-0.39, 0.29) is 0 Å². The van der Waals surface area contributed by atoms with Gasteiger partial charge in [0.05, 0.1) is 24.2 Å². The molecule has 0 amide bonds. The predicted octanol–water partition coefficient (Wildman–Crippen LogP) is 5.65. The van der Waals surface area contributed by atoms with E-state index < -0.39 is 0 Å². The maximum absolute atomic E-state index is 6.27. The third-order valence-corrected chi connectivity index (χ3v) is 5.78. The van der Waals surface area contributed by atoms with Gasteiger partial charge in [-0.3, -0.25) is 0 Å². The Morgan fingerprint density at radius 1 is 1.12 bits per heavy atom. The summed E-state index contributed by atoms with van der Waals surface area (Å²) in [4.78, 5) is 7.11. The monoisotopic (exact) mass is 442 g/mol. The number of methoxy groups -OCH3 is 1. The van der Waals surface area contributed by atoms with Crippen LogP contribution in [0.5, 0.6) is 5.75 Å². The van der Waals surface area contributed by atoms with Gasteiger partial charge in [-0.05, 0) is 79.9 Å². The van der Waals surface area contributed by atoms with Crippen LogP contribution in [0.4, 0.5) is 11.4 Å². The van der Waals surface area contributed by atoms with E-state index in [4.69, 9.17) is 15.5 Å². The minimum atomic E-state index is 0.643. The Hall–Kier alpha value is -3.73. The summed E-state index contributed by atoms with van der Waals surface area (Å²) in [5.74, 6) is 0.793. The molecule has 5 heteroatoms. The van der Waals surface area contributed by atoms with Crippen LogP contribution in [0, 0.1) is 0 Å². The number of allylic oxidation sites excluding steroid dienone is 2. The molecule has 3 rings (SSSR count). The average Bonchev–Trinajstić information content (AvgIpc) is 2.85. The van der Waals surface area contributed by atoms with E-state index in [1.165, 1.54) is 5.56 Å². The van der Waals surface area contributed by atoms with Gasteiger partial charge in [-0.15, -0.1) is 0 Å². The smallest absolute Gasteiger partial charge is 0.119 e. The Morgan fingerprint density at radius 3 is 2.48 bits per heavy atom. The van der Waals surface area contributed by atoms with Gasteiger partial charge in [0.2, 0.25) is 0 Å². The maximum atomic E-state index is 6.27. The molecule has 1 saturated heterocycles. The van der Waals surface area contributed by atoms with Gasteiger partial charge in [0.1, 0.15) is 5.75 Å². The second-order valence-corrected chi connectivity index (χ2v) is 7.93. The number of nitrogens with one attached hydrogen (secondary N) is 1. The lowest BCUT2D eigenvalue weighted by Crippen LogP contribution is -2.35. The lowest BCUT2D eigenvalue weighted by Gasteiger charge is -2.34. The highest BCUT2D eigenvalue weighted by Crippen LogP contribution is 2.31. The summed E-state index contributed by atoms with van der Waals surface area (Å²) in [5.41, 5.74) is 12.8. The molecular weight excluding hydrogens is 408 g/mol. The third kappa shape index (κ3) is 6.16. The molecule has 33 heavy (non-hydrogen) atoms. The number of anilines is 1. The fourth-order valence-corrected chi connectivity index (χ4v) is 3.89. The summed E-state index contributed by atoms with van der Waals surface area (Å²) in [6.45, 7) is 13.7. The maximum Gasteiger partial charge on any atom is 0.119 e. The van der Waals surface area contributed by atoms with Gasteiger partial charge in [0, 0.05) is 30.0 Å². The molecule has 3 N–H and O–H groups in total. The standard InChI is InChI=1S/C28H34N4O/c1-5-27(29)26-18-20-32(21(3)28(26)31-23-12-16-25(33-4)17-13-23)24-14-10-22(11-15-24)9-7-8-19-30-6-2/h5-6,10-17,30H,1-3,7-9,18-20,29H2,4H3. The first-order chi connectivity index (χ1) is 16.1. The highest BCUT2D eigenvalue weighted by molar-refractivity contribution is 6.16. The summed E-state index contributed by atoms with van der Waals surface area (Å²) in [6.07, 6.45) is 7.53. The van der Waals surface area contributed by atoms with Crippen LogP contribution in [-0.2, 0) is 6.42 Å². The molecule has 1 aliphatic rings. The number of piperidine rings is 1. The first-order valence-electron chi connectivity index (χ1n) is 11.3. The van der Waals surface area contributed by atoms with Crippen LogP contribution in [0.25, 0.3) is 0 Å². The molecule has 1 fully saturated rings. The third-order valence-electron chi connectivity index (χ3n) is 5.78. The summed E-state index contributed by atoms with van der Waals surface area (Å²) < 4.78 is 5.26. The molecule has 0 radical (unpaired) electrons. The van der Waals surface area contributed by atoms with E-state index in [1.54, 1.807) is 19.4 Å². The van der Waals surface area contributed by atoms with Crippen molar-refractivity contribution in [2.75, 3.05) is 25.1 Å². The fraction of sp³-hybridized carbons (Fsp3) is 0.250. The number of hydrogen-bond acceptors (Lipinski definition) is 5. The van der Waals surface area contributed by atoms with Crippen LogP contribution < -0.4 is 20.7 Å². The van der Waals surface area contributed by atoms with Gasteiger partial charge < -0.3 is 20.7 Å². The Labute approximate surface area is 197 Å². The van der Waals surface area contributed by atoms with Gasteiger partial charge in [0.15, 0.2) is 0 Å². The van der Waals surface area contributed by atoms with Gasteiger partial charge >= 0.3 is 0 Å². The molecule has 0 atom stereocenters. The van der Waals surface area contributed by atoms with Crippen LogP contribution in [0.1, 0.15) is 24.8 Å². The summed E-state index contributed by atoms with van der Waals surface area (Å²) in [5, 5.41) is 3.15. The number of ether oxygens (including phenoxy) is 1.